The summed E-state index contributed by atoms with van der Waals surface area (Å²) in [6.07, 6.45) is 0.823. The number of amides is 2. The summed E-state index contributed by atoms with van der Waals surface area (Å²) < 4.78 is 10.8. The number of nitro benzene ring substituents is 1. The lowest BCUT2D eigenvalue weighted by atomic mass is 10.2. The van der Waals surface area contributed by atoms with Crippen molar-refractivity contribution >= 4 is 17.4 Å². The lowest BCUT2D eigenvalue weighted by Crippen LogP contribution is -2.40. The fourth-order valence-corrected chi connectivity index (χ4v) is 3.51. The number of ether oxygens (including phenoxy) is 2. The number of carbonyl (C=O) groups is 1. The zero-order valence-electron chi connectivity index (χ0n) is 18.4. The summed E-state index contributed by atoms with van der Waals surface area (Å²) in [5.74, 6) is 0.749. The first-order valence-electron chi connectivity index (χ1n) is 10.9. The van der Waals surface area contributed by atoms with E-state index < -0.39 is 4.92 Å². The Hall–Kier alpha value is -3.17. The second-order valence-corrected chi connectivity index (χ2v) is 7.54. The summed E-state index contributed by atoms with van der Waals surface area (Å²) in [6.45, 7) is 7.61. The van der Waals surface area contributed by atoms with Crippen LogP contribution in [0.3, 0.4) is 0 Å². The molecule has 1 aliphatic rings. The summed E-state index contributed by atoms with van der Waals surface area (Å²) in [4.78, 5) is 27.6. The molecule has 2 aromatic rings. The van der Waals surface area contributed by atoms with Gasteiger partial charge in [0.05, 0.1) is 24.7 Å². The highest BCUT2D eigenvalue weighted by atomic mass is 16.6. The van der Waals surface area contributed by atoms with Gasteiger partial charge in [0, 0.05) is 50.5 Å². The van der Waals surface area contributed by atoms with Crippen LogP contribution in [0.5, 0.6) is 5.75 Å². The predicted octanol–water partition coefficient (Wildman–Crippen LogP) is 3.75. The van der Waals surface area contributed by atoms with E-state index >= 15 is 0 Å². The smallest absolute Gasteiger partial charge is 0.322 e. The normalized spacial score (nSPS) is 14.0. The highest BCUT2D eigenvalue weighted by molar-refractivity contribution is 5.89. The minimum atomic E-state index is -0.428. The molecule has 172 valence electrons. The van der Waals surface area contributed by atoms with Gasteiger partial charge in [-0.05, 0) is 43.2 Å². The Morgan fingerprint density at radius 3 is 2.47 bits per heavy atom. The number of hydrogen-bond acceptors (Lipinski definition) is 6. The topological polar surface area (TPSA) is 97.2 Å². The van der Waals surface area contributed by atoms with Gasteiger partial charge in [0.2, 0.25) is 0 Å². The van der Waals surface area contributed by atoms with Crippen molar-refractivity contribution in [2.45, 2.75) is 19.9 Å². The molecule has 0 spiro atoms. The Morgan fingerprint density at radius 2 is 1.84 bits per heavy atom. The summed E-state index contributed by atoms with van der Waals surface area (Å²) in [5.41, 5.74) is 1.55. The van der Waals surface area contributed by atoms with Gasteiger partial charge < -0.3 is 19.7 Å². The number of rotatable bonds is 10. The van der Waals surface area contributed by atoms with Gasteiger partial charge in [0.15, 0.2) is 0 Å². The van der Waals surface area contributed by atoms with Crippen molar-refractivity contribution in [3.05, 3.63) is 64.2 Å². The zero-order valence-corrected chi connectivity index (χ0v) is 18.4. The highest BCUT2D eigenvalue weighted by Crippen LogP contribution is 2.18. The molecule has 0 bridgehead atoms. The van der Waals surface area contributed by atoms with Gasteiger partial charge >= 0.3 is 6.03 Å². The van der Waals surface area contributed by atoms with E-state index in [-0.39, 0.29) is 11.7 Å². The van der Waals surface area contributed by atoms with Crippen molar-refractivity contribution in [1.29, 1.82) is 0 Å². The molecule has 2 aromatic carbocycles. The fourth-order valence-electron chi connectivity index (χ4n) is 3.51. The van der Waals surface area contributed by atoms with E-state index in [9.17, 15) is 14.9 Å². The van der Waals surface area contributed by atoms with E-state index in [1.54, 1.807) is 29.2 Å². The molecule has 0 unspecified atom stereocenters. The Morgan fingerprint density at radius 1 is 1.16 bits per heavy atom. The lowest BCUT2D eigenvalue weighted by molar-refractivity contribution is -0.384. The molecule has 1 saturated heterocycles. The third-order valence-electron chi connectivity index (χ3n) is 5.23. The maximum absolute atomic E-state index is 13.0. The maximum Gasteiger partial charge on any atom is 0.322 e. The van der Waals surface area contributed by atoms with Crippen molar-refractivity contribution in [3.8, 4) is 5.75 Å². The average Bonchev–Trinajstić information content (AvgIpc) is 2.81. The zero-order chi connectivity index (χ0) is 22.8. The van der Waals surface area contributed by atoms with E-state index in [4.69, 9.17) is 9.47 Å². The Balaban J connectivity index is 1.63. The van der Waals surface area contributed by atoms with Crippen LogP contribution in [-0.2, 0) is 11.3 Å². The molecule has 1 fully saturated rings. The number of anilines is 1. The second-order valence-electron chi connectivity index (χ2n) is 7.54. The Bertz CT molecular complexity index is 867. The molecule has 9 nitrogen and oxygen atoms in total. The van der Waals surface area contributed by atoms with Crippen molar-refractivity contribution < 1.29 is 19.2 Å². The van der Waals surface area contributed by atoms with Gasteiger partial charge in [0.25, 0.3) is 5.69 Å². The summed E-state index contributed by atoms with van der Waals surface area (Å²) in [6, 6.07) is 13.3. The Kier molecular flexibility index (Phi) is 8.82. The first-order valence-corrected chi connectivity index (χ1v) is 10.9. The summed E-state index contributed by atoms with van der Waals surface area (Å²) in [5, 5.41) is 13.9. The monoisotopic (exact) mass is 442 g/mol. The number of carbonyl (C=O) groups excluding carboxylic acids is 1. The number of nitro groups is 1. The molecular weight excluding hydrogens is 412 g/mol. The molecular formula is C23H30N4O5. The van der Waals surface area contributed by atoms with Crippen LogP contribution >= 0.6 is 0 Å². The summed E-state index contributed by atoms with van der Waals surface area (Å²) in [7, 11) is 0. The molecule has 1 N–H and O–H groups in total. The molecule has 32 heavy (non-hydrogen) atoms. The van der Waals surface area contributed by atoms with Gasteiger partial charge in [-0.3, -0.25) is 15.0 Å². The number of urea groups is 1. The summed E-state index contributed by atoms with van der Waals surface area (Å²) >= 11 is 0. The van der Waals surface area contributed by atoms with Gasteiger partial charge in [-0.1, -0.05) is 12.1 Å². The number of benzene rings is 2. The van der Waals surface area contributed by atoms with Crippen molar-refractivity contribution in [2.75, 3.05) is 51.3 Å². The lowest BCUT2D eigenvalue weighted by Gasteiger charge is -2.28. The van der Waals surface area contributed by atoms with Crippen molar-refractivity contribution in [1.82, 2.24) is 9.80 Å². The number of nitrogens with zero attached hydrogens (tertiary/aromatic N) is 3. The van der Waals surface area contributed by atoms with Crippen LogP contribution < -0.4 is 10.1 Å². The molecule has 9 heteroatoms. The van der Waals surface area contributed by atoms with Crippen LogP contribution in [-0.4, -0.2) is 66.8 Å². The molecule has 2 amide bonds. The van der Waals surface area contributed by atoms with Crippen LogP contribution in [0.1, 0.15) is 18.9 Å². The first kappa shape index (κ1) is 23.5. The van der Waals surface area contributed by atoms with Gasteiger partial charge in [0.1, 0.15) is 5.75 Å². The number of hydrogen-bond donors (Lipinski definition) is 1. The quantitative estimate of drug-likeness (QED) is 0.445. The molecule has 1 aliphatic heterocycles. The largest absolute Gasteiger partial charge is 0.494 e. The predicted molar refractivity (Wildman–Crippen MR) is 122 cm³/mol. The molecule has 0 aromatic heterocycles. The molecule has 0 aliphatic carbocycles. The van der Waals surface area contributed by atoms with Gasteiger partial charge in [-0.15, -0.1) is 0 Å². The molecule has 0 atom stereocenters. The number of non-ortho nitro benzene ring substituents is 1. The van der Waals surface area contributed by atoms with Gasteiger partial charge in [-0.25, -0.2) is 4.79 Å². The minimum Gasteiger partial charge on any atom is -0.494 e. The highest BCUT2D eigenvalue weighted by Gasteiger charge is 2.17. The van der Waals surface area contributed by atoms with Crippen molar-refractivity contribution in [2.24, 2.45) is 0 Å². The SMILES string of the molecule is CCOc1ccc(NC(=O)N(CCCN2CCOCC2)Cc2ccc([N+](=O)[O-])cc2)cc1. The van der Waals surface area contributed by atoms with Crippen LogP contribution in [0.4, 0.5) is 16.2 Å². The van der Waals surface area contributed by atoms with E-state index in [0.717, 1.165) is 50.6 Å². The third kappa shape index (κ3) is 7.21. The minimum absolute atomic E-state index is 0.0338. The maximum atomic E-state index is 13.0. The standard InChI is InChI=1S/C23H30N4O5/c1-2-32-22-10-6-20(7-11-22)24-23(28)26(13-3-12-25-14-16-31-17-15-25)18-19-4-8-21(9-5-19)27(29)30/h4-11H,2-3,12-18H2,1H3,(H,24,28). The van der Waals surface area contributed by atoms with Crippen LogP contribution in [0, 0.1) is 10.1 Å². The van der Waals surface area contributed by atoms with E-state index in [1.807, 2.05) is 19.1 Å². The fraction of sp³-hybridized carbons (Fsp3) is 0.435. The number of nitrogens with one attached hydrogen (secondary N) is 1. The molecule has 3 rings (SSSR count). The van der Waals surface area contributed by atoms with E-state index in [0.29, 0.717) is 25.4 Å². The molecule has 1 heterocycles. The van der Waals surface area contributed by atoms with Gasteiger partial charge in [-0.2, -0.15) is 0 Å². The average molecular weight is 443 g/mol. The Labute approximate surface area is 188 Å². The van der Waals surface area contributed by atoms with Crippen LogP contribution in [0.15, 0.2) is 48.5 Å². The molecule has 0 saturated carbocycles. The first-order chi connectivity index (χ1) is 15.5. The second kappa shape index (κ2) is 12.0. The van der Waals surface area contributed by atoms with E-state index in [2.05, 4.69) is 10.2 Å². The van der Waals surface area contributed by atoms with Crippen molar-refractivity contribution in [3.63, 3.8) is 0 Å². The number of morpholine rings is 1. The third-order valence-corrected chi connectivity index (χ3v) is 5.23. The van der Waals surface area contributed by atoms with Crippen LogP contribution in [0.25, 0.3) is 0 Å². The van der Waals surface area contributed by atoms with E-state index in [1.165, 1.54) is 12.1 Å². The molecule has 0 radical (unpaired) electrons. The van der Waals surface area contributed by atoms with Crippen LogP contribution in [0.2, 0.25) is 0 Å².